The van der Waals surface area contributed by atoms with Crippen molar-refractivity contribution >= 4 is 28.1 Å². The van der Waals surface area contributed by atoms with Gasteiger partial charge >= 0.3 is 0 Å². The zero-order chi connectivity index (χ0) is 21.8. The Kier molecular flexibility index (Phi) is 5.84. The van der Waals surface area contributed by atoms with Gasteiger partial charge in [-0.05, 0) is 29.8 Å². The molecule has 1 aromatic heterocycles. The number of aromatic nitrogens is 1. The molecule has 3 aromatic rings. The molecule has 2 heterocycles. The van der Waals surface area contributed by atoms with Gasteiger partial charge in [0.15, 0.2) is 0 Å². The van der Waals surface area contributed by atoms with Crippen LogP contribution in [0.4, 0.5) is 10.3 Å². The van der Waals surface area contributed by atoms with Gasteiger partial charge in [-0.2, -0.15) is 14.6 Å². The second-order valence-electron chi connectivity index (χ2n) is 6.91. The van der Waals surface area contributed by atoms with Crippen LogP contribution in [0.15, 0.2) is 63.9 Å². The molecule has 0 saturated carbocycles. The van der Waals surface area contributed by atoms with E-state index >= 15 is 0 Å². The number of nitriles is 1. The molecule has 0 bridgehead atoms. The summed E-state index contributed by atoms with van der Waals surface area (Å²) in [6, 6.07) is 16.6. The van der Waals surface area contributed by atoms with Gasteiger partial charge in [0.25, 0.3) is 0 Å². The highest BCUT2D eigenvalue weighted by atomic mass is 32.2. The fourth-order valence-electron chi connectivity index (χ4n) is 3.33. The van der Waals surface area contributed by atoms with Gasteiger partial charge in [-0.15, -0.1) is 0 Å². The standard InChI is InChI=1S/C22H19FN4O3S/c23-18-7-4-8-19(15-18)31(28,29)27-13-11-26(12-14-27)22-20(16-24)25-21(30-22)10-9-17-5-2-1-3-6-17/h1-10,15H,11-14H2. The molecule has 0 N–H and O–H groups in total. The van der Waals surface area contributed by atoms with Crippen molar-refractivity contribution in [3.8, 4) is 6.07 Å². The number of hydrogen-bond donors (Lipinski definition) is 0. The van der Waals surface area contributed by atoms with Crippen molar-refractivity contribution < 1.29 is 17.2 Å². The molecule has 9 heteroatoms. The summed E-state index contributed by atoms with van der Waals surface area (Å²) in [5, 5.41) is 9.44. The minimum atomic E-state index is -3.80. The van der Waals surface area contributed by atoms with Crippen LogP contribution in [0.2, 0.25) is 0 Å². The average Bonchev–Trinajstić information content (AvgIpc) is 3.22. The van der Waals surface area contributed by atoms with Gasteiger partial charge < -0.3 is 9.32 Å². The number of benzene rings is 2. The third-order valence-corrected chi connectivity index (χ3v) is 6.80. The summed E-state index contributed by atoms with van der Waals surface area (Å²) >= 11 is 0. The minimum absolute atomic E-state index is 0.0772. The van der Waals surface area contributed by atoms with Crippen LogP contribution in [-0.4, -0.2) is 43.9 Å². The van der Waals surface area contributed by atoms with Crippen molar-refractivity contribution in [1.29, 1.82) is 5.26 Å². The Hall–Kier alpha value is -3.48. The lowest BCUT2D eigenvalue weighted by Gasteiger charge is -2.33. The fraction of sp³-hybridized carbons (Fsp3) is 0.182. The molecule has 31 heavy (non-hydrogen) atoms. The monoisotopic (exact) mass is 438 g/mol. The molecule has 0 aliphatic carbocycles. The number of nitrogens with zero attached hydrogens (tertiary/aromatic N) is 4. The van der Waals surface area contributed by atoms with Crippen LogP contribution < -0.4 is 4.90 Å². The van der Waals surface area contributed by atoms with Gasteiger partial charge in [-0.3, -0.25) is 0 Å². The Labute approximate surface area is 179 Å². The lowest BCUT2D eigenvalue weighted by Crippen LogP contribution is -2.48. The highest BCUT2D eigenvalue weighted by Gasteiger charge is 2.31. The maximum atomic E-state index is 13.5. The zero-order valence-corrected chi connectivity index (χ0v) is 17.3. The molecule has 4 rings (SSSR count). The van der Waals surface area contributed by atoms with E-state index in [0.717, 1.165) is 11.6 Å². The van der Waals surface area contributed by atoms with E-state index in [-0.39, 0.29) is 23.7 Å². The molecule has 1 aliphatic rings. The van der Waals surface area contributed by atoms with Gasteiger partial charge in [-0.25, -0.2) is 12.8 Å². The number of oxazole rings is 1. The second-order valence-corrected chi connectivity index (χ2v) is 8.85. The van der Waals surface area contributed by atoms with E-state index in [1.54, 1.807) is 11.0 Å². The summed E-state index contributed by atoms with van der Waals surface area (Å²) in [7, 11) is -3.80. The van der Waals surface area contributed by atoms with Crippen molar-refractivity contribution in [3.05, 3.63) is 77.6 Å². The van der Waals surface area contributed by atoms with E-state index in [0.29, 0.717) is 24.9 Å². The molecule has 1 saturated heterocycles. The molecular formula is C22H19FN4O3S. The first kappa shape index (κ1) is 20.8. The smallest absolute Gasteiger partial charge is 0.243 e. The maximum absolute atomic E-state index is 13.5. The van der Waals surface area contributed by atoms with Crippen molar-refractivity contribution in [3.63, 3.8) is 0 Å². The predicted octanol–water partition coefficient (Wildman–Crippen LogP) is 3.37. The number of sulfonamides is 1. The first-order chi connectivity index (χ1) is 15.0. The average molecular weight is 438 g/mol. The first-order valence-electron chi connectivity index (χ1n) is 9.62. The van der Waals surface area contributed by atoms with Crippen LogP contribution in [0.1, 0.15) is 17.1 Å². The van der Waals surface area contributed by atoms with Crippen LogP contribution in [0.25, 0.3) is 12.2 Å². The topological polar surface area (TPSA) is 90.4 Å². The zero-order valence-electron chi connectivity index (χ0n) is 16.5. The lowest BCUT2D eigenvalue weighted by atomic mass is 10.2. The summed E-state index contributed by atoms with van der Waals surface area (Å²) in [6.45, 7) is 1.000. The van der Waals surface area contributed by atoms with E-state index < -0.39 is 15.8 Å². The third-order valence-electron chi connectivity index (χ3n) is 4.91. The number of piperazine rings is 1. The van der Waals surface area contributed by atoms with Gasteiger partial charge in [0.1, 0.15) is 11.9 Å². The Morgan fingerprint density at radius 3 is 2.45 bits per heavy atom. The van der Waals surface area contributed by atoms with Crippen molar-refractivity contribution in [2.75, 3.05) is 31.1 Å². The van der Waals surface area contributed by atoms with E-state index in [1.807, 2.05) is 42.5 Å². The van der Waals surface area contributed by atoms with E-state index in [2.05, 4.69) is 4.98 Å². The second kappa shape index (κ2) is 8.71. The molecule has 1 aliphatic heterocycles. The minimum Gasteiger partial charge on any atom is -0.420 e. The molecule has 2 aromatic carbocycles. The third kappa shape index (κ3) is 4.50. The largest absolute Gasteiger partial charge is 0.420 e. The summed E-state index contributed by atoms with van der Waals surface area (Å²) in [5.74, 6) is 0.0133. The fourth-order valence-corrected chi connectivity index (χ4v) is 4.78. The molecule has 0 radical (unpaired) electrons. The maximum Gasteiger partial charge on any atom is 0.243 e. The Morgan fingerprint density at radius 2 is 1.77 bits per heavy atom. The molecule has 1 fully saturated rings. The normalized spacial score (nSPS) is 15.3. The first-order valence-corrected chi connectivity index (χ1v) is 11.1. The molecule has 158 valence electrons. The summed E-state index contributed by atoms with van der Waals surface area (Å²) in [4.78, 5) is 5.93. The molecule has 0 amide bonds. The number of rotatable bonds is 5. The van der Waals surface area contributed by atoms with Crippen LogP contribution in [0.5, 0.6) is 0 Å². The molecule has 0 unspecified atom stereocenters. The number of anilines is 1. The van der Waals surface area contributed by atoms with Crippen molar-refractivity contribution in [1.82, 2.24) is 9.29 Å². The van der Waals surface area contributed by atoms with E-state index in [4.69, 9.17) is 4.42 Å². The Morgan fingerprint density at radius 1 is 1.03 bits per heavy atom. The lowest BCUT2D eigenvalue weighted by molar-refractivity contribution is 0.373. The summed E-state index contributed by atoms with van der Waals surface area (Å²) in [6.07, 6.45) is 3.52. The summed E-state index contributed by atoms with van der Waals surface area (Å²) < 4.78 is 46.1. The SMILES string of the molecule is N#Cc1nc(C=Cc2ccccc2)oc1N1CCN(S(=O)(=O)c2cccc(F)c2)CC1. The van der Waals surface area contributed by atoms with Gasteiger partial charge in [0.2, 0.25) is 27.5 Å². The Bertz CT molecular complexity index is 1240. The van der Waals surface area contributed by atoms with Crippen LogP contribution in [0, 0.1) is 17.1 Å². The van der Waals surface area contributed by atoms with Gasteiger partial charge in [0, 0.05) is 32.3 Å². The molecule has 0 spiro atoms. The van der Waals surface area contributed by atoms with Crippen LogP contribution in [0.3, 0.4) is 0 Å². The quantitative estimate of drug-likeness (QED) is 0.607. The van der Waals surface area contributed by atoms with Crippen molar-refractivity contribution in [2.24, 2.45) is 0 Å². The highest BCUT2D eigenvalue weighted by molar-refractivity contribution is 7.89. The van der Waals surface area contributed by atoms with Crippen LogP contribution in [-0.2, 0) is 10.0 Å². The number of hydrogen-bond acceptors (Lipinski definition) is 6. The summed E-state index contributed by atoms with van der Waals surface area (Å²) in [5.41, 5.74) is 1.12. The number of halogens is 1. The molecule has 7 nitrogen and oxygen atoms in total. The predicted molar refractivity (Wildman–Crippen MR) is 114 cm³/mol. The highest BCUT2D eigenvalue weighted by Crippen LogP contribution is 2.26. The van der Waals surface area contributed by atoms with E-state index in [1.165, 1.54) is 22.5 Å². The molecular weight excluding hydrogens is 419 g/mol. The van der Waals surface area contributed by atoms with Crippen molar-refractivity contribution in [2.45, 2.75) is 4.90 Å². The molecule has 0 atom stereocenters. The van der Waals surface area contributed by atoms with Gasteiger partial charge in [-0.1, -0.05) is 36.4 Å². The van der Waals surface area contributed by atoms with Gasteiger partial charge in [0.05, 0.1) is 4.90 Å². The van der Waals surface area contributed by atoms with E-state index in [9.17, 15) is 18.1 Å². The Balaban J connectivity index is 1.48. The van der Waals surface area contributed by atoms with Crippen LogP contribution >= 0.6 is 0 Å².